The van der Waals surface area contributed by atoms with Gasteiger partial charge in [0.05, 0.1) is 6.04 Å². The van der Waals surface area contributed by atoms with Gasteiger partial charge in [-0.3, -0.25) is 4.79 Å². The highest BCUT2D eigenvalue weighted by Gasteiger charge is 2.45. The standard InChI is InChI=1S/C17H20BrNO3/c1-10-14(12-6-8-13(18)9-7-12)11(2)19(15(10)20)16(21)22-17(3,4)5/h6-9,11,14H,1H2,2-5H3/t11-,14+/m1/s1. The van der Waals surface area contributed by atoms with Crippen molar-refractivity contribution in [3.8, 4) is 0 Å². The van der Waals surface area contributed by atoms with Crippen LogP contribution in [0.2, 0.25) is 0 Å². The lowest BCUT2D eigenvalue weighted by atomic mass is 9.90. The van der Waals surface area contributed by atoms with Crippen LogP contribution in [-0.2, 0) is 9.53 Å². The molecule has 1 heterocycles. The predicted octanol–water partition coefficient (Wildman–Crippen LogP) is 4.25. The number of amides is 2. The van der Waals surface area contributed by atoms with Crippen LogP contribution < -0.4 is 0 Å². The molecule has 2 atom stereocenters. The first-order chi connectivity index (χ1) is 10.1. The molecule has 0 aromatic heterocycles. The number of hydrogen-bond donors (Lipinski definition) is 0. The quantitative estimate of drug-likeness (QED) is 0.698. The molecule has 1 aromatic carbocycles. The van der Waals surface area contributed by atoms with Crippen LogP contribution in [0.25, 0.3) is 0 Å². The molecule has 1 aliphatic rings. The van der Waals surface area contributed by atoms with Crippen molar-refractivity contribution < 1.29 is 14.3 Å². The Morgan fingerprint density at radius 3 is 2.32 bits per heavy atom. The van der Waals surface area contributed by atoms with Gasteiger partial charge in [-0.05, 0) is 45.4 Å². The maximum atomic E-state index is 12.4. The Kier molecular flexibility index (Phi) is 4.47. The number of imide groups is 1. The number of rotatable bonds is 1. The fourth-order valence-corrected chi connectivity index (χ4v) is 2.89. The molecule has 5 heteroatoms. The Balaban J connectivity index is 2.29. The Bertz CT molecular complexity index is 616. The summed E-state index contributed by atoms with van der Waals surface area (Å²) in [6, 6.07) is 7.37. The van der Waals surface area contributed by atoms with Crippen LogP contribution in [0.4, 0.5) is 4.79 Å². The molecule has 1 aliphatic heterocycles. The maximum absolute atomic E-state index is 12.4. The molecule has 2 amide bonds. The summed E-state index contributed by atoms with van der Waals surface area (Å²) in [6.45, 7) is 11.0. The van der Waals surface area contributed by atoms with Crippen molar-refractivity contribution >= 4 is 27.9 Å². The molecule has 0 radical (unpaired) electrons. The van der Waals surface area contributed by atoms with Gasteiger partial charge in [-0.15, -0.1) is 0 Å². The van der Waals surface area contributed by atoms with Gasteiger partial charge in [-0.1, -0.05) is 34.6 Å². The van der Waals surface area contributed by atoms with Gasteiger partial charge in [-0.25, -0.2) is 9.69 Å². The lowest BCUT2D eigenvalue weighted by Crippen LogP contribution is -2.42. The van der Waals surface area contributed by atoms with Crippen LogP contribution >= 0.6 is 15.9 Å². The van der Waals surface area contributed by atoms with Gasteiger partial charge in [0.15, 0.2) is 0 Å². The Morgan fingerprint density at radius 1 is 1.27 bits per heavy atom. The van der Waals surface area contributed by atoms with Crippen molar-refractivity contribution in [1.82, 2.24) is 4.90 Å². The number of carbonyl (C=O) groups is 2. The molecule has 118 valence electrons. The van der Waals surface area contributed by atoms with Crippen LogP contribution in [0.15, 0.2) is 40.9 Å². The van der Waals surface area contributed by atoms with Crippen molar-refractivity contribution in [1.29, 1.82) is 0 Å². The summed E-state index contributed by atoms with van der Waals surface area (Å²) in [5, 5.41) is 0. The van der Waals surface area contributed by atoms with E-state index < -0.39 is 11.7 Å². The first-order valence-corrected chi connectivity index (χ1v) is 7.92. The number of likely N-dealkylation sites (tertiary alicyclic amines) is 1. The molecule has 0 bridgehead atoms. The number of nitrogens with zero attached hydrogens (tertiary/aromatic N) is 1. The van der Waals surface area contributed by atoms with Crippen molar-refractivity contribution in [2.24, 2.45) is 0 Å². The molecule has 0 N–H and O–H groups in total. The zero-order valence-electron chi connectivity index (χ0n) is 13.2. The largest absolute Gasteiger partial charge is 0.443 e. The smallest absolute Gasteiger partial charge is 0.417 e. The van der Waals surface area contributed by atoms with E-state index in [9.17, 15) is 9.59 Å². The monoisotopic (exact) mass is 365 g/mol. The zero-order chi connectivity index (χ0) is 16.7. The minimum Gasteiger partial charge on any atom is -0.443 e. The Morgan fingerprint density at radius 2 is 1.82 bits per heavy atom. The second kappa shape index (κ2) is 5.88. The van der Waals surface area contributed by atoms with E-state index >= 15 is 0 Å². The van der Waals surface area contributed by atoms with E-state index in [0.29, 0.717) is 5.57 Å². The number of benzene rings is 1. The van der Waals surface area contributed by atoms with Gasteiger partial charge < -0.3 is 4.74 Å². The van der Waals surface area contributed by atoms with Crippen LogP contribution in [0.3, 0.4) is 0 Å². The topological polar surface area (TPSA) is 46.6 Å². The van der Waals surface area contributed by atoms with Gasteiger partial charge in [0.2, 0.25) is 0 Å². The van der Waals surface area contributed by atoms with Gasteiger partial charge in [0.1, 0.15) is 5.60 Å². The summed E-state index contributed by atoms with van der Waals surface area (Å²) >= 11 is 3.39. The van der Waals surface area contributed by atoms with Crippen molar-refractivity contribution in [2.75, 3.05) is 0 Å². The van der Waals surface area contributed by atoms with Crippen LogP contribution in [0.1, 0.15) is 39.2 Å². The zero-order valence-corrected chi connectivity index (χ0v) is 14.8. The van der Waals surface area contributed by atoms with E-state index in [4.69, 9.17) is 4.74 Å². The highest BCUT2D eigenvalue weighted by molar-refractivity contribution is 9.10. The molecule has 0 aliphatic carbocycles. The minimum atomic E-state index is -0.645. The third-order valence-corrected chi connectivity index (χ3v) is 4.11. The molecular weight excluding hydrogens is 346 g/mol. The first-order valence-electron chi connectivity index (χ1n) is 7.12. The third-order valence-electron chi connectivity index (χ3n) is 3.58. The van der Waals surface area contributed by atoms with E-state index in [0.717, 1.165) is 10.0 Å². The molecule has 2 rings (SSSR count). The molecule has 1 aromatic rings. The minimum absolute atomic E-state index is 0.215. The van der Waals surface area contributed by atoms with Crippen molar-refractivity contribution in [3.05, 3.63) is 46.5 Å². The first kappa shape index (κ1) is 16.7. The second-order valence-electron chi connectivity index (χ2n) is 6.45. The number of ether oxygens (including phenoxy) is 1. The van der Waals surface area contributed by atoms with E-state index in [1.807, 2.05) is 31.2 Å². The SMILES string of the molecule is C=C1C(=O)N(C(=O)OC(C)(C)C)[C@H](C)[C@H]1c1ccc(Br)cc1. The summed E-state index contributed by atoms with van der Waals surface area (Å²) in [5.74, 6) is -0.581. The van der Waals surface area contributed by atoms with Crippen LogP contribution in [0, 0.1) is 0 Å². The number of hydrogen-bond acceptors (Lipinski definition) is 3. The molecule has 0 saturated carbocycles. The summed E-state index contributed by atoms with van der Waals surface area (Å²) < 4.78 is 6.29. The molecule has 0 spiro atoms. The summed E-state index contributed by atoms with van der Waals surface area (Å²) in [7, 11) is 0. The Labute approximate surface area is 139 Å². The lowest BCUT2D eigenvalue weighted by molar-refractivity contribution is -0.125. The summed E-state index contributed by atoms with van der Waals surface area (Å²) in [6.07, 6.45) is -0.620. The predicted molar refractivity (Wildman–Crippen MR) is 88.6 cm³/mol. The molecule has 0 unspecified atom stereocenters. The van der Waals surface area contributed by atoms with Crippen LogP contribution in [0.5, 0.6) is 0 Å². The molecule has 22 heavy (non-hydrogen) atoms. The van der Waals surface area contributed by atoms with Gasteiger partial charge in [0, 0.05) is 16.0 Å². The van der Waals surface area contributed by atoms with E-state index in [1.165, 1.54) is 4.90 Å². The molecule has 1 fully saturated rings. The molecular formula is C17H20BrNO3. The number of halogens is 1. The lowest BCUT2D eigenvalue weighted by Gasteiger charge is -2.27. The van der Waals surface area contributed by atoms with Crippen LogP contribution in [-0.4, -0.2) is 28.5 Å². The average molecular weight is 366 g/mol. The number of carbonyl (C=O) groups excluding carboxylic acids is 2. The normalized spacial score (nSPS) is 22.1. The average Bonchev–Trinajstić information content (AvgIpc) is 2.60. The van der Waals surface area contributed by atoms with Gasteiger partial charge >= 0.3 is 6.09 Å². The third kappa shape index (κ3) is 3.24. The van der Waals surface area contributed by atoms with Gasteiger partial charge in [-0.2, -0.15) is 0 Å². The van der Waals surface area contributed by atoms with E-state index in [1.54, 1.807) is 20.8 Å². The second-order valence-corrected chi connectivity index (χ2v) is 7.37. The highest BCUT2D eigenvalue weighted by atomic mass is 79.9. The maximum Gasteiger partial charge on any atom is 0.417 e. The fourth-order valence-electron chi connectivity index (χ4n) is 2.62. The fraction of sp³-hybridized carbons (Fsp3) is 0.412. The van der Waals surface area contributed by atoms with E-state index in [-0.39, 0.29) is 17.9 Å². The molecule has 1 saturated heterocycles. The summed E-state index contributed by atoms with van der Waals surface area (Å²) in [5.41, 5.74) is 0.731. The highest BCUT2D eigenvalue weighted by Crippen LogP contribution is 2.38. The molecule has 4 nitrogen and oxygen atoms in total. The van der Waals surface area contributed by atoms with Crippen molar-refractivity contribution in [2.45, 2.75) is 45.3 Å². The Hall–Kier alpha value is -1.62. The van der Waals surface area contributed by atoms with Crippen molar-refractivity contribution in [3.63, 3.8) is 0 Å². The summed E-state index contributed by atoms with van der Waals surface area (Å²) in [4.78, 5) is 25.9. The van der Waals surface area contributed by atoms with E-state index in [2.05, 4.69) is 22.5 Å². The van der Waals surface area contributed by atoms with Gasteiger partial charge in [0.25, 0.3) is 5.91 Å².